The molecule has 2 heteroatoms. The first-order valence-electron chi connectivity index (χ1n) is 6.30. The molecule has 2 aromatic rings. The standard InChI is InChI=1S/C18H15NO/c1-20-19-18(14-12-16-8-4-2-5-9-16)15-13-17-10-6-3-7-11-17/h2-12,14H,1H3/b14-12+,19-18-. The summed E-state index contributed by atoms with van der Waals surface area (Å²) in [6.07, 6.45) is 3.80. The second-order valence-electron chi connectivity index (χ2n) is 4.02. The van der Waals surface area contributed by atoms with E-state index < -0.39 is 0 Å². The summed E-state index contributed by atoms with van der Waals surface area (Å²) in [6.45, 7) is 0. The smallest absolute Gasteiger partial charge is 0.152 e. The third-order valence-electron chi connectivity index (χ3n) is 2.53. The lowest BCUT2D eigenvalue weighted by molar-refractivity contribution is 0.214. The number of allylic oxidation sites excluding steroid dienone is 1. The van der Waals surface area contributed by atoms with E-state index in [1.54, 1.807) is 0 Å². The van der Waals surface area contributed by atoms with Gasteiger partial charge in [0.1, 0.15) is 7.11 Å². The Kier molecular flexibility index (Phi) is 5.18. The Bertz CT molecular complexity index is 646. The fraction of sp³-hybridized carbons (Fsp3) is 0.0556. The second kappa shape index (κ2) is 7.60. The van der Waals surface area contributed by atoms with Crippen molar-refractivity contribution >= 4 is 11.8 Å². The fourth-order valence-electron chi connectivity index (χ4n) is 1.59. The van der Waals surface area contributed by atoms with Gasteiger partial charge in [-0.05, 0) is 29.7 Å². The van der Waals surface area contributed by atoms with E-state index in [0.29, 0.717) is 5.71 Å². The van der Waals surface area contributed by atoms with Crippen LogP contribution >= 0.6 is 0 Å². The average Bonchev–Trinajstić information content (AvgIpc) is 2.52. The fourth-order valence-corrected chi connectivity index (χ4v) is 1.59. The lowest BCUT2D eigenvalue weighted by atomic mass is 10.2. The van der Waals surface area contributed by atoms with E-state index in [1.807, 2.05) is 72.8 Å². The zero-order valence-electron chi connectivity index (χ0n) is 11.3. The molecule has 0 radical (unpaired) electrons. The van der Waals surface area contributed by atoms with Crippen LogP contribution in [0.2, 0.25) is 0 Å². The maximum absolute atomic E-state index is 4.82. The van der Waals surface area contributed by atoms with Gasteiger partial charge in [0.05, 0.1) is 0 Å². The molecule has 2 rings (SSSR count). The number of hydrogen-bond donors (Lipinski definition) is 0. The molecule has 0 aromatic heterocycles. The van der Waals surface area contributed by atoms with Crippen LogP contribution < -0.4 is 0 Å². The van der Waals surface area contributed by atoms with Crippen LogP contribution in [0.4, 0.5) is 0 Å². The van der Waals surface area contributed by atoms with Crippen molar-refractivity contribution in [1.82, 2.24) is 0 Å². The average molecular weight is 261 g/mol. The van der Waals surface area contributed by atoms with Gasteiger partial charge in [-0.2, -0.15) is 0 Å². The molecule has 2 nitrogen and oxygen atoms in total. The van der Waals surface area contributed by atoms with Crippen molar-refractivity contribution in [3.05, 3.63) is 77.9 Å². The van der Waals surface area contributed by atoms with Gasteiger partial charge in [0.25, 0.3) is 0 Å². The Hall–Kier alpha value is -2.79. The molecule has 0 unspecified atom stereocenters. The number of oxime groups is 1. The molecule has 0 bridgehead atoms. The Morgan fingerprint density at radius 3 is 2.30 bits per heavy atom. The zero-order valence-corrected chi connectivity index (χ0v) is 11.3. The topological polar surface area (TPSA) is 21.6 Å². The second-order valence-corrected chi connectivity index (χ2v) is 4.02. The molecule has 98 valence electrons. The summed E-state index contributed by atoms with van der Waals surface area (Å²) in [7, 11) is 1.51. The van der Waals surface area contributed by atoms with E-state index in [2.05, 4.69) is 17.0 Å². The van der Waals surface area contributed by atoms with E-state index in [9.17, 15) is 0 Å². The van der Waals surface area contributed by atoms with E-state index in [0.717, 1.165) is 11.1 Å². The third-order valence-corrected chi connectivity index (χ3v) is 2.53. The largest absolute Gasteiger partial charge is 0.398 e. The Balaban J connectivity index is 2.15. The highest BCUT2D eigenvalue weighted by Gasteiger charge is 1.90. The number of benzene rings is 2. The molecule has 0 fully saturated rings. The van der Waals surface area contributed by atoms with Gasteiger partial charge < -0.3 is 4.84 Å². The molecule has 20 heavy (non-hydrogen) atoms. The van der Waals surface area contributed by atoms with Crippen molar-refractivity contribution in [2.45, 2.75) is 0 Å². The monoisotopic (exact) mass is 261 g/mol. The molecule has 0 aliphatic rings. The molecular weight excluding hydrogens is 246 g/mol. The van der Waals surface area contributed by atoms with Crippen molar-refractivity contribution in [3.63, 3.8) is 0 Å². The van der Waals surface area contributed by atoms with Crippen LogP contribution in [0, 0.1) is 11.8 Å². The minimum Gasteiger partial charge on any atom is -0.398 e. The van der Waals surface area contributed by atoms with Gasteiger partial charge in [-0.15, -0.1) is 0 Å². The number of rotatable bonds is 3. The molecule has 0 N–H and O–H groups in total. The minimum absolute atomic E-state index is 0.584. The van der Waals surface area contributed by atoms with Gasteiger partial charge in [0.2, 0.25) is 0 Å². The van der Waals surface area contributed by atoms with Gasteiger partial charge in [0, 0.05) is 5.56 Å². The summed E-state index contributed by atoms with van der Waals surface area (Å²) in [6, 6.07) is 19.8. The van der Waals surface area contributed by atoms with Crippen LogP contribution in [0.5, 0.6) is 0 Å². The van der Waals surface area contributed by atoms with E-state index >= 15 is 0 Å². The predicted molar refractivity (Wildman–Crippen MR) is 83.2 cm³/mol. The summed E-state index contributed by atoms with van der Waals surface area (Å²) in [5, 5.41) is 3.91. The molecule has 0 amide bonds. The van der Waals surface area contributed by atoms with Crippen LogP contribution in [-0.4, -0.2) is 12.8 Å². The summed E-state index contributed by atoms with van der Waals surface area (Å²) in [5.41, 5.74) is 2.63. The quantitative estimate of drug-likeness (QED) is 0.468. The van der Waals surface area contributed by atoms with Crippen LogP contribution in [0.15, 0.2) is 71.9 Å². The van der Waals surface area contributed by atoms with Crippen molar-refractivity contribution < 1.29 is 4.84 Å². The first kappa shape index (κ1) is 13.6. The van der Waals surface area contributed by atoms with Crippen LogP contribution in [0.3, 0.4) is 0 Å². The molecule has 0 saturated carbocycles. The van der Waals surface area contributed by atoms with Crippen LogP contribution in [-0.2, 0) is 4.84 Å². The van der Waals surface area contributed by atoms with Gasteiger partial charge >= 0.3 is 0 Å². The van der Waals surface area contributed by atoms with Gasteiger partial charge in [-0.3, -0.25) is 0 Å². The van der Waals surface area contributed by atoms with Crippen LogP contribution in [0.1, 0.15) is 11.1 Å². The van der Waals surface area contributed by atoms with Crippen molar-refractivity contribution in [2.24, 2.45) is 5.16 Å². The van der Waals surface area contributed by atoms with Crippen molar-refractivity contribution in [2.75, 3.05) is 7.11 Å². The van der Waals surface area contributed by atoms with Gasteiger partial charge in [0.15, 0.2) is 5.71 Å². The van der Waals surface area contributed by atoms with E-state index in [1.165, 1.54) is 7.11 Å². The highest BCUT2D eigenvalue weighted by Crippen LogP contribution is 2.01. The van der Waals surface area contributed by atoms with Crippen LogP contribution in [0.25, 0.3) is 6.08 Å². The Labute approximate surface area is 119 Å². The van der Waals surface area contributed by atoms with E-state index in [4.69, 9.17) is 4.84 Å². The molecule has 0 aliphatic heterocycles. The summed E-state index contributed by atoms with van der Waals surface area (Å²) >= 11 is 0. The molecule has 0 spiro atoms. The lowest BCUT2D eigenvalue weighted by Crippen LogP contribution is -1.90. The Morgan fingerprint density at radius 1 is 1.00 bits per heavy atom. The van der Waals surface area contributed by atoms with Crippen molar-refractivity contribution in [3.8, 4) is 11.8 Å². The summed E-state index contributed by atoms with van der Waals surface area (Å²) < 4.78 is 0. The number of nitrogens with zero attached hydrogens (tertiary/aromatic N) is 1. The first-order valence-corrected chi connectivity index (χ1v) is 6.30. The van der Waals surface area contributed by atoms with E-state index in [-0.39, 0.29) is 0 Å². The minimum atomic E-state index is 0.584. The first-order chi connectivity index (χ1) is 9.88. The molecule has 0 heterocycles. The van der Waals surface area contributed by atoms with Crippen molar-refractivity contribution in [1.29, 1.82) is 0 Å². The van der Waals surface area contributed by atoms with Gasteiger partial charge in [-0.1, -0.05) is 65.7 Å². The highest BCUT2D eigenvalue weighted by atomic mass is 16.6. The van der Waals surface area contributed by atoms with Gasteiger partial charge in [-0.25, -0.2) is 0 Å². The summed E-state index contributed by atoms with van der Waals surface area (Å²) in [4.78, 5) is 4.82. The highest BCUT2D eigenvalue weighted by molar-refractivity contribution is 6.10. The molecule has 0 atom stereocenters. The molecule has 0 aliphatic carbocycles. The zero-order chi connectivity index (χ0) is 14.0. The summed E-state index contributed by atoms with van der Waals surface area (Å²) in [5.74, 6) is 6.05. The Morgan fingerprint density at radius 2 is 1.65 bits per heavy atom. The normalized spacial score (nSPS) is 10.9. The predicted octanol–water partition coefficient (Wildman–Crippen LogP) is 3.75. The lowest BCUT2D eigenvalue weighted by Gasteiger charge is -1.92. The molecule has 0 saturated heterocycles. The maximum Gasteiger partial charge on any atom is 0.152 e. The SMILES string of the molecule is CO/N=C(C#Cc1ccccc1)/C=C/c1ccccc1. The molecular formula is C18H15NO. The molecule has 2 aromatic carbocycles. The number of hydrogen-bond acceptors (Lipinski definition) is 2. The maximum atomic E-state index is 4.82. The third kappa shape index (κ3) is 4.47.